The molecule has 0 spiro atoms. The first kappa shape index (κ1) is 26.2. The first-order valence-corrected chi connectivity index (χ1v) is 12.4. The van der Waals surface area contributed by atoms with E-state index in [1.165, 1.54) is 6.08 Å². The number of pyridine rings is 1. The zero-order chi connectivity index (χ0) is 26.4. The molecule has 2 aromatic carbocycles. The summed E-state index contributed by atoms with van der Waals surface area (Å²) < 4.78 is 11.5. The van der Waals surface area contributed by atoms with Crippen molar-refractivity contribution < 1.29 is 14.3 Å². The topological polar surface area (TPSA) is 102 Å². The van der Waals surface area contributed by atoms with Crippen LogP contribution in [0.15, 0.2) is 73.4 Å². The van der Waals surface area contributed by atoms with Crippen molar-refractivity contribution in [1.82, 2.24) is 4.98 Å². The van der Waals surface area contributed by atoms with Gasteiger partial charge < -0.3 is 30.7 Å². The van der Waals surface area contributed by atoms with Crippen molar-refractivity contribution in [2.75, 3.05) is 48.9 Å². The maximum atomic E-state index is 11.8. The van der Waals surface area contributed by atoms with Gasteiger partial charge in [-0.25, -0.2) is 0 Å². The third-order valence-electron chi connectivity index (χ3n) is 6.67. The first-order chi connectivity index (χ1) is 17.8. The molecular formula is C29H35N5O3. The quantitative estimate of drug-likeness (QED) is 0.373. The van der Waals surface area contributed by atoms with Gasteiger partial charge in [-0.3, -0.25) is 9.78 Å². The van der Waals surface area contributed by atoms with Crippen LogP contribution in [0.25, 0.3) is 0 Å². The van der Waals surface area contributed by atoms with Gasteiger partial charge in [-0.05, 0) is 42.0 Å². The van der Waals surface area contributed by atoms with E-state index in [1.54, 1.807) is 19.4 Å². The lowest BCUT2D eigenvalue weighted by atomic mass is 9.80. The molecule has 1 aliphatic rings. The Morgan fingerprint density at radius 3 is 2.81 bits per heavy atom. The van der Waals surface area contributed by atoms with E-state index in [4.69, 9.17) is 15.2 Å². The molecule has 37 heavy (non-hydrogen) atoms. The number of morpholine rings is 1. The average molecular weight is 502 g/mol. The van der Waals surface area contributed by atoms with Crippen molar-refractivity contribution in [3.63, 3.8) is 0 Å². The van der Waals surface area contributed by atoms with Crippen molar-refractivity contribution in [3.05, 3.63) is 84.7 Å². The minimum atomic E-state index is -0.462. The summed E-state index contributed by atoms with van der Waals surface area (Å²) in [5.74, 6) is 0.483. The largest absolute Gasteiger partial charge is 0.494 e. The Bertz CT molecular complexity index is 1260. The molecule has 194 valence electrons. The highest BCUT2D eigenvalue weighted by molar-refractivity contribution is 5.98. The van der Waals surface area contributed by atoms with Crippen molar-refractivity contribution in [2.24, 2.45) is 5.73 Å². The Morgan fingerprint density at radius 1 is 1.24 bits per heavy atom. The summed E-state index contributed by atoms with van der Waals surface area (Å²) in [5, 5.41) is 6.39. The average Bonchev–Trinajstić information content (AvgIpc) is 2.93. The Hall–Kier alpha value is -3.88. The van der Waals surface area contributed by atoms with Crippen LogP contribution in [0.2, 0.25) is 0 Å². The number of nitrogens with one attached hydrogen (secondary N) is 2. The summed E-state index contributed by atoms with van der Waals surface area (Å²) >= 11 is 0. The van der Waals surface area contributed by atoms with Gasteiger partial charge in [-0.15, -0.1) is 0 Å². The van der Waals surface area contributed by atoms with Gasteiger partial charge in [0.05, 0.1) is 31.2 Å². The number of carbonyl (C=O) groups excluding carboxylic acids is 1. The molecule has 1 atom stereocenters. The first-order valence-electron chi connectivity index (χ1n) is 12.4. The summed E-state index contributed by atoms with van der Waals surface area (Å²) in [6, 6.07) is 18.0. The Kier molecular flexibility index (Phi) is 8.11. The van der Waals surface area contributed by atoms with E-state index in [1.807, 2.05) is 36.4 Å². The molecule has 0 saturated carbocycles. The van der Waals surface area contributed by atoms with Crippen LogP contribution in [-0.2, 0) is 14.9 Å². The molecule has 3 aromatic rings. The zero-order valence-electron chi connectivity index (χ0n) is 21.7. The Labute approximate surface area is 218 Å². The highest BCUT2D eigenvalue weighted by Crippen LogP contribution is 2.39. The molecule has 8 heteroatoms. The molecular weight excluding hydrogens is 466 g/mol. The molecule has 1 aliphatic heterocycles. The lowest BCUT2D eigenvalue weighted by molar-refractivity contribution is -0.111. The van der Waals surface area contributed by atoms with E-state index < -0.39 is 5.41 Å². The number of anilines is 4. The minimum Gasteiger partial charge on any atom is -0.494 e. The highest BCUT2D eigenvalue weighted by Gasteiger charge is 2.28. The lowest BCUT2D eigenvalue weighted by Crippen LogP contribution is -2.45. The number of benzene rings is 2. The number of methoxy groups -OCH3 is 1. The van der Waals surface area contributed by atoms with Gasteiger partial charge in [0, 0.05) is 54.4 Å². The van der Waals surface area contributed by atoms with Gasteiger partial charge in [-0.1, -0.05) is 38.6 Å². The summed E-state index contributed by atoms with van der Waals surface area (Å²) in [4.78, 5) is 18.7. The number of nitrogens with zero attached hydrogens (tertiary/aromatic N) is 2. The molecule has 0 bridgehead atoms. The molecule has 0 aliphatic carbocycles. The van der Waals surface area contributed by atoms with E-state index in [0.717, 1.165) is 47.2 Å². The van der Waals surface area contributed by atoms with Crippen molar-refractivity contribution in [3.8, 4) is 5.75 Å². The van der Waals surface area contributed by atoms with E-state index in [9.17, 15) is 4.79 Å². The number of hydrogen-bond acceptors (Lipinski definition) is 7. The second-order valence-corrected chi connectivity index (χ2v) is 9.48. The zero-order valence-corrected chi connectivity index (χ0v) is 21.7. The number of amides is 1. The molecule has 1 unspecified atom stereocenters. The molecule has 1 fully saturated rings. The highest BCUT2D eigenvalue weighted by atomic mass is 16.5. The molecule has 1 saturated heterocycles. The predicted molar refractivity (Wildman–Crippen MR) is 149 cm³/mol. The van der Waals surface area contributed by atoms with Crippen LogP contribution < -0.4 is 26.0 Å². The molecule has 1 aromatic heterocycles. The maximum absolute atomic E-state index is 11.8. The Morgan fingerprint density at radius 2 is 2.05 bits per heavy atom. The fraction of sp³-hybridized carbons (Fsp3) is 0.310. The second kappa shape index (κ2) is 11.5. The number of aromatic nitrogens is 1. The van der Waals surface area contributed by atoms with Gasteiger partial charge in [0.25, 0.3) is 0 Å². The van der Waals surface area contributed by atoms with Crippen LogP contribution in [0.1, 0.15) is 25.1 Å². The molecule has 2 heterocycles. The number of nitrogens with two attached hydrogens (primary N) is 1. The summed E-state index contributed by atoms with van der Waals surface area (Å²) in [5.41, 5.74) is 10.8. The van der Waals surface area contributed by atoms with Crippen LogP contribution in [0.5, 0.6) is 5.75 Å². The molecule has 1 amide bonds. The Balaban J connectivity index is 1.62. The predicted octanol–water partition coefficient (Wildman–Crippen LogP) is 4.45. The number of carbonyl (C=O) groups is 1. The molecule has 4 N–H and O–H groups in total. The lowest BCUT2D eigenvalue weighted by Gasteiger charge is -2.34. The van der Waals surface area contributed by atoms with Gasteiger partial charge in [0.15, 0.2) is 0 Å². The van der Waals surface area contributed by atoms with Gasteiger partial charge in [0.1, 0.15) is 5.75 Å². The normalized spacial score (nSPS) is 15.7. The summed E-state index contributed by atoms with van der Waals surface area (Å²) in [6.07, 6.45) is 2.98. The third kappa shape index (κ3) is 5.93. The van der Waals surface area contributed by atoms with E-state index in [-0.39, 0.29) is 12.0 Å². The van der Waals surface area contributed by atoms with Gasteiger partial charge in [-0.2, -0.15) is 0 Å². The monoisotopic (exact) mass is 501 g/mol. The van der Waals surface area contributed by atoms with E-state index in [2.05, 4.69) is 53.1 Å². The van der Waals surface area contributed by atoms with Gasteiger partial charge in [0.2, 0.25) is 5.91 Å². The fourth-order valence-electron chi connectivity index (χ4n) is 4.54. The second-order valence-electron chi connectivity index (χ2n) is 9.48. The minimum absolute atomic E-state index is 0.0313. The fourth-order valence-corrected chi connectivity index (χ4v) is 4.54. The van der Waals surface area contributed by atoms with E-state index >= 15 is 0 Å². The number of para-hydroxylation sites is 1. The van der Waals surface area contributed by atoms with Crippen molar-refractivity contribution in [1.29, 1.82) is 0 Å². The summed E-state index contributed by atoms with van der Waals surface area (Å²) in [6.45, 7) is 10.5. The van der Waals surface area contributed by atoms with Crippen LogP contribution in [-0.4, -0.2) is 50.3 Å². The maximum Gasteiger partial charge on any atom is 0.247 e. The SMILES string of the molecule is C=CC(=O)Nc1ccnc(C(C)(C)c2ccccc2Nc2ccc(N3CCOC(CN)C3)cc2OC)c1. The number of rotatable bonds is 9. The van der Waals surface area contributed by atoms with Crippen LogP contribution in [0, 0.1) is 0 Å². The van der Waals surface area contributed by atoms with Crippen molar-refractivity contribution >= 4 is 28.7 Å². The van der Waals surface area contributed by atoms with Crippen LogP contribution in [0.4, 0.5) is 22.7 Å². The number of ether oxygens (including phenoxy) is 2. The van der Waals surface area contributed by atoms with E-state index in [0.29, 0.717) is 18.8 Å². The molecule has 4 rings (SSSR count). The summed E-state index contributed by atoms with van der Waals surface area (Å²) in [7, 11) is 1.68. The molecule has 8 nitrogen and oxygen atoms in total. The van der Waals surface area contributed by atoms with Crippen molar-refractivity contribution in [2.45, 2.75) is 25.4 Å². The van der Waals surface area contributed by atoms with Crippen LogP contribution >= 0.6 is 0 Å². The molecule has 0 radical (unpaired) electrons. The standard InChI is InChI=1S/C29H35N5O3/c1-5-28(35)32-20-12-13-31-27(16-20)29(2,3)23-8-6-7-9-24(23)33-25-11-10-21(17-26(25)36-4)34-14-15-37-22(18-30)19-34/h5-13,16-17,22,33H,1,14-15,18-19,30H2,2-4H3,(H,31,32,35). The smallest absolute Gasteiger partial charge is 0.247 e. The van der Waals surface area contributed by atoms with Gasteiger partial charge >= 0.3 is 0 Å². The third-order valence-corrected chi connectivity index (χ3v) is 6.67. The van der Waals surface area contributed by atoms with Crippen LogP contribution in [0.3, 0.4) is 0 Å². The number of hydrogen-bond donors (Lipinski definition) is 3.